The van der Waals surface area contributed by atoms with Crippen molar-refractivity contribution in [2.45, 2.75) is 48.8 Å². The molecule has 0 aromatic rings. The zero-order chi connectivity index (χ0) is 19.2. The van der Waals surface area contributed by atoms with Crippen LogP contribution >= 0.6 is 0 Å². The van der Waals surface area contributed by atoms with Gasteiger partial charge >= 0.3 is 0 Å². The van der Waals surface area contributed by atoms with E-state index in [1.54, 1.807) is 0 Å². The molecular formula is C12H22O12. The molecule has 0 aromatic heterocycles. The van der Waals surface area contributed by atoms with E-state index in [-0.39, 0.29) is 0 Å². The van der Waals surface area contributed by atoms with Crippen molar-refractivity contribution in [3.8, 4) is 0 Å². The quantitative estimate of drug-likeness (QED) is 0.155. The number of Topliss-reactive ketones (excluding diaryl/α,β-unsaturated/α-hetero) is 2. The molecule has 0 amide bonds. The lowest BCUT2D eigenvalue weighted by atomic mass is 9.93. The third-order valence-corrected chi connectivity index (χ3v) is 3.29. The van der Waals surface area contributed by atoms with Gasteiger partial charge in [0.1, 0.15) is 48.8 Å². The summed E-state index contributed by atoms with van der Waals surface area (Å²) in [5.74, 6) is -3.74. The van der Waals surface area contributed by atoms with E-state index in [2.05, 4.69) is 0 Å². The van der Waals surface area contributed by atoms with E-state index in [9.17, 15) is 40.2 Å². The normalized spacial score (nSPS) is 21.9. The standard InChI is InChI=1S/C12H22O12/c13-1-3(15)5(17)7(19)9(21)11(23)12(24)10(22)8(20)6(18)4(16)2-14/h3-10,13-22H,1-2H2/t3-,4-,5-,6-,7+,8+,9-,10-/m1/s1. The molecule has 0 radical (unpaired) electrons. The molecule has 0 heterocycles. The van der Waals surface area contributed by atoms with Gasteiger partial charge in [0.2, 0.25) is 11.6 Å². The molecule has 10 N–H and O–H groups in total. The van der Waals surface area contributed by atoms with E-state index in [0.717, 1.165) is 0 Å². The number of ketones is 2. The first-order chi connectivity index (χ1) is 11.0. The van der Waals surface area contributed by atoms with E-state index in [1.807, 2.05) is 0 Å². The fraction of sp³-hybridized carbons (Fsp3) is 0.833. The zero-order valence-corrected chi connectivity index (χ0v) is 12.3. The second-order valence-corrected chi connectivity index (χ2v) is 5.08. The first-order valence-electron chi connectivity index (χ1n) is 6.75. The van der Waals surface area contributed by atoms with Gasteiger partial charge in [-0.2, -0.15) is 0 Å². The average Bonchev–Trinajstić information content (AvgIpc) is 2.61. The van der Waals surface area contributed by atoms with E-state index in [0.29, 0.717) is 0 Å². The molecule has 0 rings (SSSR count). The van der Waals surface area contributed by atoms with Crippen molar-refractivity contribution in [2.24, 2.45) is 0 Å². The minimum atomic E-state index is -2.62. The summed E-state index contributed by atoms with van der Waals surface area (Å²) in [6, 6.07) is 0. The average molecular weight is 358 g/mol. The minimum absolute atomic E-state index is 1.03. The zero-order valence-electron chi connectivity index (χ0n) is 12.3. The number of aliphatic hydroxyl groups excluding tert-OH is 10. The van der Waals surface area contributed by atoms with E-state index >= 15 is 0 Å². The molecule has 0 saturated carbocycles. The summed E-state index contributed by atoms with van der Waals surface area (Å²) in [4.78, 5) is 23.3. The molecule has 0 aliphatic heterocycles. The first-order valence-corrected chi connectivity index (χ1v) is 6.75. The molecule has 12 heteroatoms. The summed E-state index contributed by atoms with van der Waals surface area (Å²) < 4.78 is 0. The third kappa shape index (κ3) is 5.49. The highest BCUT2D eigenvalue weighted by Crippen LogP contribution is 2.11. The van der Waals surface area contributed by atoms with Gasteiger partial charge in [-0.3, -0.25) is 9.59 Å². The molecule has 0 unspecified atom stereocenters. The van der Waals surface area contributed by atoms with E-state index in [1.165, 1.54) is 0 Å². The van der Waals surface area contributed by atoms with Crippen molar-refractivity contribution in [3.05, 3.63) is 0 Å². The maximum Gasteiger partial charge on any atom is 0.232 e. The Labute approximate surface area is 135 Å². The molecule has 0 aliphatic rings. The van der Waals surface area contributed by atoms with Crippen molar-refractivity contribution < 1.29 is 60.7 Å². The third-order valence-electron chi connectivity index (χ3n) is 3.29. The molecule has 12 nitrogen and oxygen atoms in total. The number of hydrogen-bond acceptors (Lipinski definition) is 12. The Hall–Kier alpha value is -1.06. The number of carbonyl (C=O) groups is 2. The number of carbonyl (C=O) groups excluding carboxylic acids is 2. The van der Waals surface area contributed by atoms with Crippen LogP contribution in [0.2, 0.25) is 0 Å². The van der Waals surface area contributed by atoms with Crippen molar-refractivity contribution in [1.29, 1.82) is 0 Å². The predicted molar refractivity (Wildman–Crippen MR) is 72.2 cm³/mol. The lowest BCUT2D eigenvalue weighted by Crippen LogP contribution is -2.55. The van der Waals surface area contributed by atoms with Gasteiger partial charge in [0.05, 0.1) is 13.2 Å². The van der Waals surface area contributed by atoms with Gasteiger partial charge in [-0.15, -0.1) is 0 Å². The highest BCUT2D eigenvalue weighted by molar-refractivity contribution is 6.40. The van der Waals surface area contributed by atoms with Crippen LogP contribution in [0, 0.1) is 0 Å². The van der Waals surface area contributed by atoms with Crippen LogP contribution in [-0.2, 0) is 9.59 Å². The Morgan fingerprint density at radius 1 is 0.542 bits per heavy atom. The molecule has 0 aromatic carbocycles. The predicted octanol–water partition coefficient (Wildman–Crippen LogP) is -7.00. The first kappa shape index (κ1) is 22.9. The van der Waals surface area contributed by atoms with Gasteiger partial charge < -0.3 is 51.1 Å². The molecule has 142 valence electrons. The van der Waals surface area contributed by atoms with Crippen LogP contribution in [0.1, 0.15) is 0 Å². The summed E-state index contributed by atoms with van der Waals surface area (Å²) >= 11 is 0. The van der Waals surface area contributed by atoms with E-state index < -0.39 is 73.6 Å². The van der Waals surface area contributed by atoms with Gasteiger partial charge in [-0.05, 0) is 0 Å². The monoisotopic (exact) mass is 358 g/mol. The summed E-state index contributed by atoms with van der Waals surface area (Å²) in [6.45, 7) is -2.06. The Morgan fingerprint density at radius 3 is 1.00 bits per heavy atom. The fourth-order valence-electron chi connectivity index (χ4n) is 1.65. The van der Waals surface area contributed by atoms with Crippen LogP contribution in [0.5, 0.6) is 0 Å². The van der Waals surface area contributed by atoms with Crippen LogP contribution in [0.3, 0.4) is 0 Å². The van der Waals surface area contributed by atoms with Crippen molar-refractivity contribution in [1.82, 2.24) is 0 Å². The topological polar surface area (TPSA) is 236 Å². The lowest BCUT2D eigenvalue weighted by molar-refractivity contribution is -0.164. The molecule has 0 spiro atoms. The fourth-order valence-corrected chi connectivity index (χ4v) is 1.65. The number of aliphatic hydroxyl groups is 10. The maximum absolute atomic E-state index is 11.6. The Morgan fingerprint density at radius 2 is 0.792 bits per heavy atom. The minimum Gasteiger partial charge on any atom is -0.394 e. The van der Waals surface area contributed by atoms with Gasteiger partial charge in [0.25, 0.3) is 0 Å². The Balaban J connectivity index is 4.99. The SMILES string of the molecule is O=C(C(=O)[C@H](O)[C@@H](O)[C@H](O)[C@H](O)CO)[C@H](O)[C@@H](O)[C@H](O)[C@H](O)CO. The van der Waals surface area contributed by atoms with Crippen molar-refractivity contribution in [3.63, 3.8) is 0 Å². The highest BCUT2D eigenvalue weighted by Gasteiger charge is 2.42. The van der Waals surface area contributed by atoms with Crippen LogP contribution in [0.25, 0.3) is 0 Å². The van der Waals surface area contributed by atoms with Gasteiger partial charge in [0, 0.05) is 0 Å². The number of hydrogen-bond donors (Lipinski definition) is 10. The van der Waals surface area contributed by atoms with Gasteiger partial charge in [-0.1, -0.05) is 0 Å². The number of rotatable bonds is 11. The molecule has 0 bridgehead atoms. The van der Waals surface area contributed by atoms with Gasteiger partial charge in [-0.25, -0.2) is 0 Å². The molecule has 0 aliphatic carbocycles. The second-order valence-electron chi connectivity index (χ2n) is 5.08. The summed E-state index contributed by atoms with van der Waals surface area (Å²) in [6.07, 6.45) is -18.3. The Bertz CT molecular complexity index is 377. The maximum atomic E-state index is 11.6. The van der Waals surface area contributed by atoms with Gasteiger partial charge in [0.15, 0.2) is 0 Å². The highest BCUT2D eigenvalue weighted by atomic mass is 16.4. The van der Waals surface area contributed by atoms with Crippen molar-refractivity contribution >= 4 is 11.6 Å². The second kappa shape index (κ2) is 10.0. The Kier molecular flexibility index (Phi) is 9.61. The molecular weight excluding hydrogens is 336 g/mol. The van der Waals surface area contributed by atoms with Crippen LogP contribution in [-0.4, -0.2) is 125 Å². The summed E-state index contributed by atoms with van der Waals surface area (Å²) in [7, 11) is 0. The summed E-state index contributed by atoms with van der Waals surface area (Å²) in [5, 5.41) is 91.9. The summed E-state index contributed by atoms with van der Waals surface area (Å²) in [5.41, 5.74) is 0. The van der Waals surface area contributed by atoms with Crippen LogP contribution < -0.4 is 0 Å². The molecule has 8 atom stereocenters. The molecule has 24 heavy (non-hydrogen) atoms. The van der Waals surface area contributed by atoms with Crippen LogP contribution in [0.15, 0.2) is 0 Å². The van der Waals surface area contributed by atoms with Crippen molar-refractivity contribution in [2.75, 3.05) is 13.2 Å². The lowest BCUT2D eigenvalue weighted by Gasteiger charge is -2.27. The van der Waals surface area contributed by atoms with Crippen LogP contribution in [0.4, 0.5) is 0 Å². The van der Waals surface area contributed by atoms with E-state index in [4.69, 9.17) is 20.4 Å². The molecule has 0 fully saturated rings. The smallest absolute Gasteiger partial charge is 0.232 e. The largest absolute Gasteiger partial charge is 0.394 e. The molecule has 0 saturated heterocycles.